The Morgan fingerprint density at radius 2 is 1.61 bits per heavy atom. The highest BCUT2D eigenvalue weighted by Crippen LogP contribution is 2.76. The Bertz CT molecular complexity index is 1170. The van der Waals surface area contributed by atoms with Gasteiger partial charge in [-0.15, -0.1) is 0 Å². The molecule has 0 radical (unpaired) electrons. The summed E-state index contributed by atoms with van der Waals surface area (Å²) < 4.78 is 6.45. The fourth-order valence-electron chi connectivity index (χ4n) is 6.34. The Labute approximate surface area is 217 Å². The van der Waals surface area contributed by atoms with Gasteiger partial charge in [0.1, 0.15) is 16.9 Å². The molecule has 1 spiro atoms. The summed E-state index contributed by atoms with van der Waals surface area (Å²) in [6.07, 6.45) is 11.8. The van der Waals surface area contributed by atoms with E-state index in [9.17, 15) is 9.59 Å². The number of ketones is 2. The fourth-order valence-corrected chi connectivity index (χ4v) is 6.34. The van der Waals surface area contributed by atoms with E-state index in [4.69, 9.17) is 4.74 Å². The molecule has 36 heavy (non-hydrogen) atoms. The van der Waals surface area contributed by atoms with E-state index in [-0.39, 0.29) is 22.6 Å². The van der Waals surface area contributed by atoms with Crippen molar-refractivity contribution >= 4 is 11.6 Å². The number of allylic oxidation sites excluding steroid dienone is 8. The average Bonchev–Trinajstić information content (AvgIpc) is 3.50. The Balaban J connectivity index is 1.78. The molecule has 1 aromatic rings. The van der Waals surface area contributed by atoms with E-state index in [0.717, 1.165) is 25.7 Å². The highest BCUT2D eigenvalue weighted by Gasteiger charge is 2.75. The fraction of sp³-hybridized carbons (Fsp3) is 0.515. The third-order valence-electron chi connectivity index (χ3n) is 8.42. The minimum Gasteiger partial charge on any atom is -0.490 e. The molecule has 192 valence electrons. The Morgan fingerprint density at radius 3 is 2.22 bits per heavy atom. The van der Waals surface area contributed by atoms with Gasteiger partial charge in [0.2, 0.25) is 0 Å². The first kappa shape index (κ1) is 26.4. The Hall–Kier alpha value is -2.68. The van der Waals surface area contributed by atoms with Gasteiger partial charge < -0.3 is 4.74 Å². The van der Waals surface area contributed by atoms with Crippen LogP contribution in [0.1, 0.15) is 97.3 Å². The third kappa shape index (κ3) is 4.82. The molecule has 3 atom stereocenters. The Morgan fingerprint density at radius 1 is 0.972 bits per heavy atom. The second-order valence-corrected chi connectivity index (χ2v) is 12.4. The van der Waals surface area contributed by atoms with Crippen LogP contribution < -0.4 is 0 Å². The average molecular weight is 487 g/mol. The molecule has 0 bridgehead atoms. The molecule has 1 heterocycles. The quantitative estimate of drug-likeness (QED) is 0.200. The van der Waals surface area contributed by atoms with Crippen LogP contribution >= 0.6 is 0 Å². The van der Waals surface area contributed by atoms with Crippen molar-refractivity contribution in [3.8, 4) is 0 Å². The van der Waals surface area contributed by atoms with E-state index in [1.54, 1.807) is 12.1 Å². The predicted octanol–water partition coefficient (Wildman–Crippen LogP) is 8.34. The summed E-state index contributed by atoms with van der Waals surface area (Å²) in [6.45, 7) is 14.8. The lowest BCUT2D eigenvalue weighted by atomic mass is 9.61. The normalized spacial score (nSPS) is 28.1. The maximum Gasteiger partial charge on any atom is 0.200 e. The second-order valence-electron chi connectivity index (χ2n) is 12.4. The zero-order valence-corrected chi connectivity index (χ0v) is 23.2. The van der Waals surface area contributed by atoms with Gasteiger partial charge in [-0.2, -0.15) is 0 Å². The molecule has 2 aliphatic carbocycles. The van der Waals surface area contributed by atoms with Gasteiger partial charge in [0.05, 0.1) is 0 Å². The highest BCUT2D eigenvalue weighted by molar-refractivity contribution is 6.28. The van der Waals surface area contributed by atoms with Crippen LogP contribution in [-0.4, -0.2) is 17.2 Å². The Kier molecular flexibility index (Phi) is 7.07. The number of hydrogen-bond acceptors (Lipinski definition) is 3. The van der Waals surface area contributed by atoms with Crippen molar-refractivity contribution in [2.24, 2.45) is 16.7 Å². The lowest BCUT2D eigenvalue weighted by molar-refractivity contribution is -0.127. The maximum absolute atomic E-state index is 14.5. The summed E-state index contributed by atoms with van der Waals surface area (Å²) in [6, 6.07) is 9.22. The summed E-state index contributed by atoms with van der Waals surface area (Å²) >= 11 is 0. The number of carbonyl (C=O) groups excluding carboxylic acids is 2. The van der Waals surface area contributed by atoms with Crippen molar-refractivity contribution in [3.63, 3.8) is 0 Å². The predicted molar refractivity (Wildman–Crippen MR) is 147 cm³/mol. The summed E-state index contributed by atoms with van der Waals surface area (Å²) in [5.74, 6) is 0.795. The number of ether oxygens (including phenoxy) is 1. The minimum atomic E-state index is -0.628. The molecule has 1 saturated heterocycles. The molecule has 0 aromatic heterocycles. The van der Waals surface area contributed by atoms with Gasteiger partial charge in [-0.3, -0.25) is 9.59 Å². The molecule has 1 saturated carbocycles. The second kappa shape index (κ2) is 9.65. The van der Waals surface area contributed by atoms with E-state index in [1.165, 1.54) is 16.7 Å². The first-order chi connectivity index (χ1) is 16.9. The topological polar surface area (TPSA) is 43.4 Å². The monoisotopic (exact) mass is 486 g/mol. The van der Waals surface area contributed by atoms with Crippen LogP contribution in [0.15, 0.2) is 76.6 Å². The van der Waals surface area contributed by atoms with Crippen molar-refractivity contribution < 1.29 is 14.3 Å². The van der Waals surface area contributed by atoms with Gasteiger partial charge in [0, 0.05) is 22.3 Å². The number of rotatable bonds is 9. The lowest BCUT2D eigenvalue weighted by Gasteiger charge is -2.40. The first-order valence-electron chi connectivity index (χ1n) is 13.4. The molecule has 3 nitrogen and oxygen atoms in total. The van der Waals surface area contributed by atoms with E-state index >= 15 is 0 Å². The van der Waals surface area contributed by atoms with Crippen molar-refractivity contribution in [1.82, 2.24) is 0 Å². The van der Waals surface area contributed by atoms with Gasteiger partial charge in [0.25, 0.3) is 0 Å². The number of Topliss-reactive ketones (excluding diaryl/α,β-unsaturated/α-hetero) is 2. The summed E-state index contributed by atoms with van der Waals surface area (Å²) in [5.41, 5.74) is 3.50. The largest absolute Gasteiger partial charge is 0.490 e. The van der Waals surface area contributed by atoms with Crippen molar-refractivity contribution in [2.45, 2.75) is 92.6 Å². The number of benzene rings is 1. The van der Waals surface area contributed by atoms with E-state index in [0.29, 0.717) is 35.7 Å². The molecule has 0 N–H and O–H groups in total. The van der Waals surface area contributed by atoms with Gasteiger partial charge in [0.15, 0.2) is 11.6 Å². The van der Waals surface area contributed by atoms with E-state index in [2.05, 4.69) is 66.7 Å². The SMILES string of the molecule is CC(C)=CCC/C(C)=C/C[C@@]1(CC=C(C)C)C[C@]23C[C@H]2C(C)(C)OC3=C(C(=O)c2ccccc2)C1=O. The first-order valence-corrected chi connectivity index (χ1v) is 13.4. The van der Waals surface area contributed by atoms with Crippen LogP contribution in [0, 0.1) is 16.7 Å². The molecule has 3 heteroatoms. The van der Waals surface area contributed by atoms with Gasteiger partial charge in [-0.1, -0.05) is 65.3 Å². The number of hydrogen-bond donors (Lipinski definition) is 0. The van der Waals surface area contributed by atoms with Gasteiger partial charge in [-0.05, 0) is 87.0 Å². The van der Waals surface area contributed by atoms with Crippen LogP contribution in [0.25, 0.3) is 0 Å². The standard InChI is InChI=1S/C33H42O3/c1-22(2)12-11-13-24(5)17-19-32(18-16-23(3)4)21-33-20-26(33)31(6,7)36-30(33)27(29(32)35)28(34)25-14-9-8-10-15-25/h8-10,12,14-17,26H,11,13,18-21H2,1-7H3/b24-17+/t26-,32-,33+/m0/s1. The van der Waals surface area contributed by atoms with Crippen molar-refractivity contribution in [2.75, 3.05) is 0 Å². The summed E-state index contributed by atoms with van der Waals surface area (Å²) in [7, 11) is 0. The number of carbonyl (C=O) groups is 2. The molecule has 3 aliphatic rings. The van der Waals surface area contributed by atoms with Crippen LogP contribution in [0.5, 0.6) is 0 Å². The van der Waals surface area contributed by atoms with Gasteiger partial charge >= 0.3 is 0 Å². The summed E-state index contributed by atoms with van der Waals surface area (Å²) in [5, 5.41) is 0. The smallest absolute Gasteiger partial charge is 0.200 e. The van der Waals surface area contributed by atoms with Crippen molar-refractivity contribution in [3.05, 3.63) is 82.2 Å². The maximum atomic E-state index is 14.5. The molecule has 4 rings (SSSR count). The van der Waals surface area contributed by atoms with E-state index in [1.807, 2.05) is 18.2 Å². The zero-order valence-electron chi connectivity index (χ0n) is 23.2. The van der Waals surface area contributed by atoms with Crippen LogP contribution in [0.2, 0.25) is 0 Å². The molecular formula is C33H42O3. The molecule has 1 aromatic carbocycles. The molecule has 1 aliphatic heterocycles. The zero-order chi connectivity index (χ0) is 26.3. The summed E-state index contributed by atoms with van der Waals surface area (Å²) in [4.78, 5) is 28.4. The van der Waals surface area contributed by atoms with Crippen LogP contribution in [-0.2, 0) is 9.53 Å². The lowest BCUT2D eigenvalue weighted by Crippen LogP contribution is -2.42. The third-order valence-corrected chi connectivity index (χ3v) is 8.42. The van der Waals surface area contributed by atoms with Gasteiger partial charge in [-0.25, -0.2) is 0 Å². The van der Waals surface area contributed by atoms with Crippen LogP contribution in [0.3, 0.4) is 0 Å². The van der Waals surface area contributed by atoms with E-state index < -0.39 is 5.41 Å². The van der Waals surface area contributed by atoms with Crippen molar-refractivity contribution in [1.29, 1.82) is 0 Å². The minimum absolute atomic E-state index is 0.0359. The molecule has 2 fully saturated rings. The van der Waals surface area contributed by atoms with Crippen LogP contribution in [0.4, 0.5) is 0 Å². The molecular weight excluding hydrogens is 444 g/mol. The molecule has 0 amide bonds. The highest BCUT2D eigenvalue weighted by atomic mass is 16.5. The molecule has 0 unspecified atom stereocenters.